The van der Waals surface area contributed by atoms with Crippen LogP contribution in [0.1, 0.15) is 19.3 Å². The number of carboxylic acids is 1. The Morgan fingerprint density at radius 2 is 0.844 bits per heavy atom. The van der Waals surface area contributed by atoms with Crippen LogP contribution in [0.3, 0.4) is 0 Å². The van der Waals surface area contributed by atoms with Crippen molar-refractivity contribution in [3.63, 3.8) is 0 Å². The zero-order valence-electron chi connectivity index (χ0n) is 26.5. The molecule has 0 aliphatic rings. The number of aliphatic carboxylic acids is 1. The number of nitrogens with one attached hydrogen (secondary N) is 1. The summed E-state index contributed by atoms with van der Waals surface area (Å²) in [5, 5.41) is 11.2. The van der Waals surface area contributed by atoms with Crippen LogP contribution in [0.5, 0.6) is 5.75 Å². The number of carboxylic acid groups (broad SMARTS) is 1. The van der Waals surface area contributed by atoms with Gasteiger partial charge < -0.3 is 57.8 Å². The molecule has 1 aromatic rings. The Balaban J connectivity index is 1.63. The monoisotopic (exact) mass is 647 g/mol. The molecule has 45 heavy (non-hydrogen) atoms. The van der Waals surface area contributed by atoms with Crippen molar-refractivity contribution in [3.05, 3.63) is 30.3 Å². The van der Waals surface area contributed by atoms with Crippen molar-refractivity contribution in [3.8, 4) is 5.75 Å². The molecule has 1 amide bonds. The van der Waals surface area contributed by atoms with E-state index in [9.17, 15) is 9.59 Å². The molecule has 14 nitrogen and oxygen atoms in total. The van der Waals surface area contributed by atoms with Crippen LogP contribution in [0.4, 0.5) is 0 Å². The maximum Gasteiger partial charge on any atom is 0.303 e. The van der Waals surface area contributed by atoms with Gasteiger partial charge in [0.15, 0.2) is 0 Å². The Morgan fingerprint density at radius 1 is 0.489 bits per heavy atom. The summed E-state index contributed by atoms with van der Waals surface area (Å²) in [5.41, 5.74) is 0. The Labute approximate surface area is 266 Å². The fraction of sp³-hybridized carbons (Fsp3) is 0.742. The lowest BCUT2D eigenvalue weighted by Gasteiger charge is -2.09. The van der Waals surface area contributed by atoms with Crippen LogP contribution in [0.2, 0.25) is 0 Å². The van der Waals surface area contributed by atoms with Crippen molar-refractivity contribution < 1.29 is 62.1 Å². The first-order chi connectivity index (χ1) is 22.2. The molecular formula is C31H53NO13. The minimum atomic E-state index is -0.982. The van der Waals surface area contributed by atoms with Gasteiger partial charge in [0.2, 0.25) is 5.91 Å². The highest BCUT2D eigenvalue weighted by molar-refractivity contribution is 5.80. The van der Waals surface area contributed by atoms with Crippen molar-refractivity contribution in [2.24, 2.45) is 0 Å². The average Bonchev–Trinajstić information content (AvgIpc) is 3.04. The standard InChI is InChI=1S/C31H53NO13/c33-30(7-8-31(34)35)32-9-4-10-36-11-12-37-13-14-38-15-16-39-17-18-40-19-20-41-21-22-42-23-24-43-25-26-44-27-28-45-29-5-2-1-3-6-29/h1-3,5-6H,4,7-28H2,(H,32,33)(H,34,35). The summed E-state index contributed by atoms with van der Waals surface area (Å²) in [6.45, 7) is 9.77. The molecule has 0 heterocycles. The van der Waals surface area contributed by atoms with Gasteiger partial charge in [-0.1, -0.05) is 18.2 Å². The first kappa shape index (κ1) is 40.6. The maximum atomic E-state index is 11.4. The molecule has 0 saturated heterocycles. The second kappa shape index (κ2) is 33.0. The van der Waals surface area contributed by atoms with Crippen LogP contribution in [-0.2, 0) is 52.2 Å². The Morgan fingerprint density at radius 3 is 1.22 bits per heavy atom. The molecule has 2 N–H and O–H groups in total. The minimum Gasteiger partial charge on any atom is -0.491 e. The molecule has 0 aliphatic carbocycles. The van der Waals surface area contributed by atoms with Crippen molar-refractivity contribution in [1.82, 2.24) is 5.32 Å². The quantitative estimate of drug-likeness (QED) is 0.102. The molecular weight excluding hydrogens is 594 g/mol. The number of para-hydroxylation sites is 1. The van der Waals surface area contributed by atoms with Gasteiger partial charge >= 0.3 is 5.97 Å². The summed E-state index contributed by atoms with van der Waals surface area (Å²) < 4.78 is 54.6. The first-order valence-electron chi connectivity index (χ1n) is 15.5. The van der Waals surface area contributed by atoms with E-state index in [2.05, 4.69) is 5.32 Å². The molecule has 1 rings (SSSR count). The molecule has 0 spiro atoms. The molecule has 0 bridgehead atoms. The van der Waals surface area contributed by atoms with Crippen LogP contribution >= 0.6 is 0 Å². The number of amides is 1. The van der Waals surface area contributed by atoms with Gasteiger partial charge in [0, 0.05) is 19.6 Å². The van der Waals surface area contributed by atoms with Crippen LogP contribution in [-0.4, -0.2) is 149 Å². The van der Waals surface area contributed by atoms with E-state index >= 15 is 0 Å². The molecule has 14 heteroatoms. The lowest BCUT2D eigenvalue weighted by atomic mass is 10.3. The summed E-state index contributed by atoms with van der Waals surface area (Å²) in [7, 11) is 0. The predicted molar refractivity (Wildman–Crippen MR) is 164 cm³/mol. The zero-order valence-corrected chi connectivity index (χ0v) is 26.5. The number of hydrogen-bond acceptors (Lipinski definition) is 12. The summed E-state index contributed by atoms with van der Waals surface area (Å²) in [4.78, 5) is 21.7. The zero-order chi connectivity index (χ0) is 32.3. The summed E-state index contributed by atoms with van der Waals surface area (Å²) in [6.07, 6.45) is 0.481. The summed E-state index contributed by atoms with van der Waals surface area (Å²) in [6, 6.07) is 9.64. The highest BCUT2D eigenvalue weighted by atomic mass is 16.6. The lowest BCUT2D eigenvalue weighted by Crippen LogP contribution is -2.25. The van der Waals surface area contributed by atoms with Gasteiger partial charge in [0.05, 0.1) is 119 Å². The van der Waals surface area contributed by atoms with Crippen molar-refractivity contribution in [1.29, 1.82) is 0 Å². The summed E-state index contributed by atoms with van der Waals surface area (Å²) in [5.74, 6) is -0.411. The van der Waals surface area contributed by atoms with E-state index in [4.69, 9.17) is 52.5 Å². The Hall–Kier alpha value is -2.40. The molecule has 0 atom stereocenters. The first-order valence-corrected chi connectivity index (χ1v) is 15.5. The molecule has 0 unspecified atom stereocenters. The second-order valence-corrected chi connectivity index (χ2v) is 9.27. The van der Waals surface area contributed by atoms with Crippen LogP contribution in [0.15, 0.2) is 30.3 Å². The van der Waals surface area contributed by atoms with Gasteiger partial charge in [-0.3, -0.25) is 9.59 Å². The van der Waals surface area contributed by atoms with E-state index in [1.165, 1.54) is 0 Å². The van der Waals surface area contributed by atoms with Crippen molar-refractivity contribution in [2.75, 3.05) is 132 Å². The number of ether oxygens (including phenoxy) is 10. The average molecular weight is 648 g/mol. The van der Waals surface area contributed by atoms with Crippen molar-refractivity contribution in [2.45, 2.75) is 19.3 Å². The Kier molecular flexibility index (Phi) is 29.8. The van der Waals surface area contributed by atoms with Gasteiger partial charge in [-0.2, -0.15) is 0 Å². The molecule has 0 fully saturated rings. The van der Waals surface area contributed by atoms with Gasteiger partial charge in [-0.05, 0) is 18.6 Å². The van der Waals surface area contributed by atoms with Gasteiger partial charge in [0.1, 0.15) is 12.4 Å². The van der Waals surface area contributed by atoms with Crippen LogP contribution < -0.4 is 10.1 Å². The van der Waals surface area contributed by atoms with Gasteiger partial charge in [-0.25, -0.2) is 0 Å². The molecule has 0 saturated carbocycles. The molecule has 0 aliphatic heterocycles. The van der Waals surface area contributed by atoms with Crippen LogP contribution in [0.25, 0.3) is 0 Å². The highest BCUT2D eigenvalue weighted by Crippen LogP contribution is 2.07. The SMILES string of the molecule is O=C(O)CCC(=O)NCCCOCCOCCOCCOCCOCCOCCOCCOCCOCCOc1ccccc1. The third-order valence-electron chi connectivity index (χ3n) is 5.57. The number of hydrogen-bond donors (Lipinski definition) is 2. The second-order valence-electron chi connectivity index (χ2n) is 9.27. The number of benzene rings is 1. The maximum absolute atomic E-state index is 11.4. The van der Waals surface area contributed by atoms with E-state index in [1.54, 1.807) is 0 Å². The molecule has 0 radical (unpaired) electrons. The van der Waals surface area contributed by atoms with E-state index in [-0.39, 0.29) is 18.7 Å². The topological polar surface area (TPSA) is 159 Å². The highest BCUT2D eigenvalue weighted by Gasteiger charge is 2.04. The molecule has 260 valence electrons. The minimum absolute atomic E-state index is 0.00909. The third-order valence-corrected chi connectivity index (χ3v) is 5.57. The van der Waals surface area contributed by atoms with Gasteiger partial charge in [-0.15, -0.1) is 0 Å². The fourth-order valence-electron chi connectivity index (χ4n) is 3.31. The smallest absolute Gasteiger partial charge is 0.303 e. The van der Waals surface area contributed by atoms with E-state index < -0.39 is 5.97 Å². The van der Waals surface area contributed by atoms with E-state index in [0.717, 1.165) is 5.75 Å². The van der Waals surface area contributed by atoms with E-state index in [0.29, 0.717) is 138 Å². The number of carbonyl (C=O) groups is 2. The third kappa shape index (κ3) is 31.4. The summed E-state index contributed by atoms with van der Waals surface area (Å²) >= 11 is 0. The fourth-order valence-corrected chi connectivity index (χ4v) is 3.31. The van der Waals surface area contributed by atoms with Crippen molar-refractivity contribution >= 4 is 11.9 Å². The molecule has 0 aromatic heterocycles. The largest absolute Gasteiger partial charge is 0.491 e. The Bertz CT molecular complexity index is 788. The number of rotatable bonds is 35. The lowest BCUT2D eigenvalue weighted by molar-refractivity contribution is -0.138. The van der Waals surface area contributed by atoms with E-state index in [1.807, 2.05) is 30.3 Å². The van der Waals surface area contributed by atoms with Gasteiger partial charge in [0.25, 0.3) is 0 Å². The normalized spacial score (nSPS) is 11.1. The number of carbonyl (C=O) groups excluding carboxylic acids is 1. The predicted octanol–water partition coefficient (Wildman–Crippen LogP) is 1.59. The van der Waals surface area contributed by atoms with Crippen LogP contribution in [0, 0.1) is 0 Å². The molecule has 1 aromatic carbocycles.